The van der Waals surface area contributed by atoms with E-state index in [1.165, 1.54) is 6.42 Å². The van der Waals surface area contributed by atoms with Crippen LogP contribution in [-0.2, 0) is 19.1 Å². The van der Waals surface area contributed by atoms with Gasteiger partial charge >= 0.3 is 17.9 Å². The lowest BCUT2D eigenvalue weighted by molar-refractivity contribution is -0.150. The summed E-state index contributed by atoms with van der Waals surface area (Å²) >= 11 is 0. The molecule has 0 aliphatic heterocycles. The van der Waals surface area contributed by atoms with Crippen molar-refractivity contribution in [2.24, 2.45) is 0 Å². The van der Waals surface area contributed by atoms with Crippen LogP contribution in [0.3, 0.4) is 0 Å². The Morgan fingerprint density at radius 1 is 0.690 bits per heavy atom. The Labute approximate surface area is 245 Å². The van der Waals surface area contributed by atoms with Gasteiger partial charge in [0.2, 0.25) is 0 Å². The zero-order chi connectivity index (χ0) is 29.9. The molecule has 42 heavy (non-hydrogen) atoms. The summed E-state index contributed by atoms with van der Waals surface area (Å²) in [5.74, 6) is -1.02. The van der Waals surface area contributed by atoms with Gasteiger partial charge in [-0.25, -0.2) is 9.59 Å². The highest BCUT2D eigenvalue weighted by atomic mass is 16.5. The van der Waals surface area contributed by atoms with E-state index in [2.05, 4.69) is 13.2 Å². The molecule has 1 fully saturated rings. The number of hydrogen-bond donors (Lipinski definition) is 1. The Hall–Kier alpha value is -4.75. The van der Waals surface area contributed by atoms with Gasteiger partial charge in [0.1, 0.15) is 17.6 Å². The molecule has 1 aliphatic rings. The van der Waals surface area contributed by atoms with Crippen LogP contribution in [0, 0.1) is 0 Å². The summed E-state index contributed by atoms with van der Waals surface area (Å²) < 4.78 is 16.0. The van der Waals surface area contributed by atoms with E-state index in [0.717, 1.165) is 47.9 Å². The van der Waals surface area contributed by atoms with Gasteiger partial charge in [-0.05, 0) is 72.2 Å². The van der Waals surface area contributed by atoms with Crippen LogP contribution in [0.5, 0.6) is 11.5 Å². The van der Waals surface area contributed by atoms with Crippen LogP contribution in [-0.4, -0.2) is 35.7 Å². The summed E-state index contributed by atoms with van der Waals surface area (Å²) in [6.07, 6.45) is 8.70. The Kier molecular flexibility index (Phi) is 10.6. The van der Waals surface area contributed by atoms with Crippen LogP contribution < -0.4 is 9.47 Å². The molecule has 3 aromatic rings. The minimum Gasteiger partial charge on any atom is -0.462 e. The maximum absolute atomic E-state index is 12.4. The Bertz CT molecular complexity index is 1440. The molecule has 0 unspecified atom stereocenters. The number of hydrogen-bond acceptors (Lipinski definition) is 7. The zero-order valence-electron chi connectivity index (χ0n) is 23.4. The molecular formula is C35H34O7. The number of esters is 3. The number of carbonyl (C=O) groups is 3. The third-order valence-electron chi connectivity index (χ3n) is 6.84. The second-order valence-corrected chi connectivity index (χ2v) is 10.1. The minimum atomic E-state index is -0.661. The van der Waals surface area contributed by atoms with Crippen molar-refractivity contribution in [2.75, 3.05) is 6.61 Å². The average Bonchev–Trinajstić information content (AvgIpc) is 3.01. The lowest BCUT2D eigenvalue weighted by Crippen LogP contribution is -2.22. The molecule has 1 N–H and O–H groups in total. The van der Waals surface area contributed by atoms with Crippen LogP contribution in [0.25, 0.3) is 23.3 Å². The monoisotopic (exact) mass is 566 g/mol. The fourth-order valence-electron chi connectivity index (χ4n) is 4.42. The Morgan fingerprint density at radius 2 is 1.14 bits per heavy atom. The fraction of sp³-hybridized carbons (Fsp3) is 0.229. The smallest absolute Gasteiger partial charge is 0.341 e. The lowest BCUT2D eigenvalue weighted by Gasteiger charge is -2.21. The van der Waals surface area contributed by atoms with Gasteiger partial charge in [0.15, 0.2) is 0 Å². The van der Waals surface area contributed by atoms with Gasteiger partial charge in [-0.2, -0.15) is 0 Å². The van der Waals surface area contributed by atoms with Crippen molar-refractivity contribution in [3.05, 3.63) is 108 Å². The number of ether oxygens (including phenoxy) is 3. The lowest BCUT2D eigenvalue weighted by atomic mass is 9.98. The van der Waals surface area contributed by atoms with Crippen molar-refractivity contribution in [3.63, 3.8) is 0 Å². The molecule has 0 radical (unpaired) electrons. The van der Waals surface area contributed by atoms with E-state index < -0.39 is 24.5 Å². The average molecular weight is 567 g/mol. The van der Waals surface area contributed by atoms with Gasteiger partial charge in [-0.1, -0.05) is 80.3 Å². The van der Waals surface area contributed by atoms with Crippen LogP contribution in [0.15, 0.2) is 97.1 Å². The first-order valence-electron chi connectivity index (χ1n) is 13.9. The Balaban J connectivity index is 1.26. The van der Waals surface area contributed by atoms with E-state index in [1.807, 2.05) is 60.7 Å². The number of rotatable bonds is 11. The quantitative estimate of drug-likeness (QED) is 0.119. The molecule has 0 heterocycles. The molecule has 216 valence electrons. The molecule has 0 spiro atoms. The predicted molar refractivity (Wildman–Crippen MR) is 161 cm³/mol. The molecule has 7 nitrogen and oxygen atoms in total. The SMILES string of the molecule is C=C(CO)C(=O)Oc1ccc(-c2ccc(/C=C/c3ccc(OC(=O)C(=C)CC(=O)OC4CCCCC4)cc3)cc2)cc1. The van der Waals surface area contributed by atoms with E-state index in [4.69, 9.17) is 19.3 Å². The first kappa shape index (κ1) is 30.2. The first-order valence-corrected chi connectivity index (χ1v) is 13.9. The van der Waals surface area contributed by atoms with Crippen LogP contribution in [0.1, 0.15) is 49.7 Å². The third-order valence-corrected chi connectivity index (χ3v) is 6.84. The Morgan fingerprint density at radius 3 is 1.67 bits per heavy atom. The normalized spacial score (nSPS) is 13.4. The number of benzene rings is 3. The molecule has 0 bridgehead atoms. The zero-order valence-corrected chi connectivity index (χ0v) is 23.4. The predicted octanol–water partition coefficient (Wildman–Crippen LogP) is 6.71. The summed E-state index contributed by atoms with van der Waals surface area (Å²) in [6, 6.07) is 22.1. The number of aliphatic hydroxyl groups excluding tert-OH is 1. The standard InChI is InChI=1S/C35H34O7/c1-24(22-33(37)40-30-6-4-3-5-7-30)34(38)41-31-18-12-27(13-19-31)9-8-26-10-14-28(15-11-26)29-16-20-32(21-17-29)42-35(39)25(2)23-36/h8-21,30,36H,1-7,22-23H2/b9-8+. The van der Waals surface area contributed by atoms with Crippen molar-refractivity contribution in [2.45, 2.75) is 44.6 Å². The van der Waals surface area contributed by atoms with Crippen molar-refractivity contribution in [1.29, 1.82) is 0 Å². The van der Waals surface area contributed by atoms with Gasteiger partial charge in [0.25, 0.3) is 0 Å². The molecule has 0 saturated heterocycles. The van der Waals surface area contributed by atoms with Gasteiger partial charge in [0.05, 0.1) is 18.6 Å². The van der Waals surface area contributed by atoms with E-state index in [0.29, 0.717) is 11.5 Å². The topological polar surface area (TPSA) is 99.1 Å². The fourth-order valence-corrected chi connectivity index (χ4v) is 4.42. The van der Waals surface area contributed by atoms with E-state index >= 15 is 0 Å². The van der Waals surface area contributed by atoms with E-state index in [1.54, 1.807) is 24.3 Å². The van der Waals surface area contributed by atoms with Crippen LogP contribution >= 0.6 is 0 Å². The molecule has 0 atom stereocenters. The summed E-state index contributed by atoms with van der Waals surface area (Å²) in [6.45, 7) is 6.70. The van der Waals surface area contributed by atoms with Gasteiger partial charge < -0.3 is 19.3 Å². The largest absolute Gasteiger partial charge is 0.462 e. The van der Waals surface area contributed by atoms with Crippen molar-refractivity contribution >= 4 is 30.1 Å². The van der Waals surface area contributed by atoms with Crippen LogP contribution in [0.2, 0.25) is 0 Å². The molecule has 3 aromatic carbocycles. The maximum atomic E-state index is 12.4. The minimum absolute atomic E-state index is 0.00607. The second-order valence-electron chi connectivity index (χ2n) is 10.1. The molecule has 1 saturated carbocycles. The van der Waals surface area contributed by atoms with E-state index in [-0.39, 0.29) is 23.7 Å². The first-order chi connectivity index (χ1) is 20.3. The summed E-state index contributed by atoms with van der Waals surface area (Å²) in [5.41, 5.74) is 3.93. The van der Waals surface area contributed by atoms with Crippen molar-refractivity contribution in [3.8, 4) is 22.6 Å². The summed E-state index contributed by atoms with van der Waals surface area (Å²) in [4.78, 5) is 36.3. The van der Waals surface area contributed by atoms with Gasteiger partial charge in [-0.15, -0.1) is 0 Å². The summed E-state index contributed by atoms with van der Waals surface area (Å²) in [5, 5.41) is 8.98. The van der Waals surface area contributed by atoms with Crippen molar-refractivity contribution < 1.29 is 33.7 Å². The summed E-state index contributed by atoms with van der Waals surface area (Å²) in [7, 11) is 0. The van der Waals surface area contributed by atoms with Gasteiger partial charge in [0, 0.05) is 5.57 Å². The number of aliphatic hydroxyl groups is 1. The molecule has 1 aliphatic carbocycles. The maximum Gasteiger partial charge on any atom is 0.341 e. The third kappa shape index (κ3) is 8.88. The van der Waals surface area contributed by atoms with Crippen molar-refractivity contribution in [1.82, 2.24) is 0 Å². The molecule has 4 rings (SSSR count). The highest BCUT2D eigenvalue weighted by Crippen LogP contribution is 2.25. The highest BCUT2D eigenvalue weighted by Gasteiger charge is 2.20. The molecule has 0 aromatic heterocycles. The van der Waals surface area contributed by atoms with E-state index in [9.17, 15) is 14.4 Å². The molecular weight excluding hydrogens is 532 g/mol. The highest BCUT2D eigenvalue weighted by molar-refractivity contribution is 5.94. The molecule has 7 heteroatoms. The molecule has 0 amide bonds. The second kappa shape index (κ2) is 14.8. The van der Waals surface area contributed by atoms with Gasteiger partial charge in [-0.3, -0.25) is 4.79 Å². The number of carbonyl (C=O) groups excluding carboxylic acids is 3. The van der Waals surface area contributed by atoms with Crippen LogP contribution in [0.4, 0.5) is 0 Å².